The van der Waals surface area contributed by atoms with Crippen molar-refractivity contribution in [2.75, 3.05) is 19.0 Å². The first-order valence-corrected chi connectivity index (χ1v) is 5.96. The van der Waals surface area contributed by atoms with E-state index < -0.39 is 6.10 Å². The smallest absolute Gasteiger partial charge is 0.136 e. The summed E-state index contributed by atoms with van der Waals surface area (Å²) in [5.74, 6) is 1.01. The van der Waals surface area contributed by atoms with E-state index in [-0.39, 0.29) is 17.6 Å². The van der Waals surface area contributed by atoms with Crippen LogP contribution in [0.5, 0.6) is 0 Å². The average molecular weight is 237 g/mol. The van der Waals surface area contributed by atoms with Gasteiger partial charge in [0.25, 0.3) is 0 Å². The third-order valence-electron chi connectivity index (χ3n) is 2.57. The van der Waals surface area contributed by atoms with Crippen LogP contribution in [0.4, 0.5) is 0 Å². The summed E-state index contributed by atoms with van der Waals surface area (Å²) in [7, 11) is 0. The maximum Gasteiger partial charge on any atom is 0.136 e. The van der Waals surface area contributed by atoms with Crippen LogP contribution in [0, 0.1) is 0 Å². The predicted molar refractivity (Wildman–Crippen MR) is 51.7 cm³/mol. The highest BCUT2D eigenvalue weighted by molar-refractivity contribution is 7.99. The summed E-state index contributed by atoms with van der Waals surface area (Å²) in [5.41, 5.74) is 0. The Hall–Kier alpha value is 0.110. The Labute approximate surface area is 92.0 Å². The zero-order chi connectivity index (χ0) is 10.8. The van der Waals surface area contributed by atoms with Crippen molar-refractivity contribution in [1.82, 2.24) is 5.39 Å². The molecule has 2 N–H and O–H groups in total. The predicted octanol–water partition coefficient (Wildman–Crippen LogP) is 0.286. The van der Waals surface area contributed by atoms with Gasteiger partial charge in [-0.15, -0.1) is 0 Å². The van der Waals surface area contributed by atoms with Crippen LogP contribution in [-0.2, 0) is 14.3 Å². The molecule has 0 saturated carbocycles. The Morgan fingerprint density at radius 3 is 2.73 bits per heavy atom. The molecule has 0 aliphatic carbocycles. The van der Waals surface area contributed by atoms with Gasteiger partial charge in [-0.1, -0.05) is 6.92 Å². The third-order valence-corrected chi connectivity index (χ3v) is 3.74. The zero-order valence-electron chi connectivity index (χ0n) is 8.41. The second-order valence-corrected chi connectivity index (χ2v) is 5.00. The molecular formula is C8H15NO5S. The lowest BCUT2D eigenvalue weighted by atomic mass is 10.1. The third kappa shape index (κ3) is 2.44. The number of hydrogen-bond donors (Lipinski definition) is 2. The van der Waals surface area contributed by atoms with Crippen LogP contribution in [0.1, 0.15) is 6.92 Å². The Morgan fingerprint density at radius 1 is 1.33 bits per heavy atom. The lowest BCUT2D eigenvalue weighted by molar-refractivity contribution is -0.507. The van der Waals surface area contributed by atoms with Crippen LogP contribution in [0.2, 0.25) is 0 Å². The van der Waals surface area contributed by atoms with E-state index in [1.54, 1.807) is 11.8 Å². The van der Waals surface area contributed by atoms with Gasteiger partial charge in [0.05, 0.1) is 23.9 Å². The summed E-state index contributed by atoms with van der Waals surface area (Å²) in [6.07, 6.45) is -0.636. The van der Waals surface area contributed by atoms with Crippen molar-refractivity contribution in [3.8, 4) is 0 Å². The van der Waals surface area contributed by atoms with Crippen LogP contribution < -0.4 is 0 Å². The normalized spacial score (nSPS) is 40.0. The quantitative estimate of drug-likeness (QED) is 0.681. The first-order valence-electron chi connectivity index (χ1n) is 4.92. The molecule has 2 fully saturated rings. The van der Waals surface area contributed by atoms with E-state index in [2.05, 4.69) is 6.92 Å². The lowest BCUT2D eigenvalue weighted by Crippen LogP contribution is -2.35. The van der Waals surface area contributed by atoms with Crippen LogP contribution in [-0.4, -0.2) is 58.3 Å². The van der Waals surface area contributed by atoms with E-state index in [0.717, 1.165) is 5.75 Å². The van der Waals surface area contributed by atoms with E-state index in [4.69, 9.17) is 24.7 Å². The van der Waals surface area contributed by atoms with Crippen LogP contribution >= 0.6 is 11.8 Å². The average Bonchev–Trinajstić information content (AvgIpc) is 2.71. The van der Waals surface area contributed by atoms with Gasteiger partial charge in [-0.05, 0) is 5.75 Å². The minimum atomic E-state index is -0.438. The summed E-state index contributed by atoms with van der Waals surface area (Å²) in [6.45, 7) is 3.04. The highest BCUT2D eigenvalue weighted by atomic mass is 32.2. The number of thioether (sulfide) groups is 1. The maximum absolute atomic E-state index is 8.55. The number of nitrogens with zero attached hydrogens (tertiary/aromatic N) is 1. The molecule has 7 heteroatoms. The second-order valence-electron chi connectivity index (χ2n) is 3.49. The molecule has 0 unspecified atom stereocenters. The second kappa shape index (κ2) is 4.96. The van der Waals surface area contributed by atoms with Crippen molar-refractivity contribution in [3.05, 3.63) is 0 Å². The summed E-state index contributed by atoms with van der Waals surface area (Å²) < 4.78 is 11.1. The first-order chi connectivity index (χ1) is 7.22. The van der Waals surface area contributed by atoms with E-state index in [1.807, 2.05) is 0 Å². The zero-order valence-corrected chi connectivity index (χ0v) is 9.22. The molecule has 2 saturated heterocycles. The van der Waals surface area contributed by atoms with Gasteiger partial charge in [0.1, 0.15) is 18.3 Å². The SMILES string of the molecule is CCS[C@H]1CO[C@H]2[C@@H]1OC[C@H]2ON(O)O. The van der Waals surface area contributed by atoms with Crippen molar-refractivity contribution in [2.45, 2.75) is 30.5 Å². The molecule has 0 spiro atoms. The van der Waals surface area contributed by atoms with Gasteiger partial charge in [0, 0.05) is 0 Å². The van der Waals surface area contributed by atoms with E-state index in [9.17, 15) is 0 Å². The van der Waals surface area contributed by atoms with Crippen molar-refractivity contribution in [1.29, 1.82) is 0 Å². The molecule has 0 aromatic heterocycles. The van der Waals surface area contributed by atoms with Crippen LogP contribution in [0.25, 0.3) is 0 Å². The minimum Gasteiger partial charge on any atom is -0.371 e. The molecule has 2 aliphatic rings. The molecule has 6 nitrogen and oxygen atoms in total. The van der Waals surface area contributed by atoms with Crippen molar-refractivity contribution < 1.29 is 24.7 Å². The maximum atomic E-state index is 8.55. The topological polar surface area (TPSA) is 71.4 Å². The molecule has 2 rings (SSSR count). The summed E-state index contributed by atoms with van der Waals surface area (Å²) >= 11 is 1.79. The highest BCUT2D eigenvalue weighted by Crippen LogP contribution is 2.34. The fourth-order valence-electron chi connectivity index (χ4n) is 2.00. The Morgan fingerprint density at radius 2 is 2.07 bits per heavy atom. The fraction of sp³-hybridized carbons (Fsp3) is 1.00. The molecular weight excluding hydrogens is 222 g/mol. The fourth-order valence-corrected chi connectivity index (χ4v) is 3.02. The van der Waals surface area contributed by atoms with E-state index in [0.29, 0.717) is 18.5 Å². The van der Waals surface area contributed by atoms with Gasteiger partial charge in [0.2, 0.25) is 0 Å². The monoisotopic (exact) mass is 237 g/mol. The van der Waals surface area contributed by atoms with Gasteiger partial charge < -0.3 is 9.47 Å². The minimum absolute atomic E-state index is 0.0000926. The van der Waals surface area contributed by atoms with Crippen LogP contribution in [0.3, 0.4) is 0 Å². The molecule has 15 heavy (non-hydrogen) atoms. The van der Waals surface area contributed by atoms with E-state index >= 15 is 0 Å². The Kier molecular flexibility index (Phi) is 3.83. The number of hydrogen-bond acceptors (Lipinski definition) is 7. The van der Waals surface area contributed by atoms with Gasteiger partial charge in [-0.2, -0.15) is 11.8 Å². The van der Waals surface area contributed by atoms with Gasteiger partial charge in [-0.25, -0.2) is 4.84 Å². The molecule has 0 aromatic carbocycles. The van der Waals surface area contributed by atoms with Gasteiger partial charge in [0.15, 0.2) is 0 Å². The molecule has 0 amide bonds. The molecule has 88 valence electrons. The van der Waals surface area contributed by atoms with Gasteiger partial charge >= 0.3 is 0 Å². The van der Waals surface area contributed by atoms with Crippen molar-refractivity contribution >= 4 is 11.8 Å². The molecule has 0 radical (unpaired) electrons. The molecule has 2 aliphatic heterocycles. The molecule has 0 aromatic rings. The summed E-state index contributed by atoms with van der Waals surface area (Å²) in [4.78, 5) is 4.74. The highest BCUT2D eigenvalue weighted by Gasteiger charge is 2.49. The van der Waals surface area contributed by atoms with Crippen molar-refractivity contribution in [3.63, 3.8) is 0 Å². The van der Waals surface area contributed by atoms with Crippen molar-refractivity contribution in [2.24, 2.45) is 0 Å². The molecule has 2 heterocycles. The number of ether oxygens (including phenoxy) is 2. The largest absolute Gasteiger partial charge is 0.371 e. The van der Waals surface area contributed by atoms with Gasteiger partial charge in [-0.3, -0.25) is 10.4 Å². The Balaban J connectivity index is 1.90. The lowest BCUT2D eigenvalue weighted by Gasteiger charge is -2.17. The Bertz CT molecular complexity index is 217. The van der Waals surface area contributed by atoms with Crippen LogP contribution in [0.15, 0.2) is 0 Å². The molecule has 4 atom stereocenters. The summed E-state index contributed by atoms with van der Waals surface area (Å²) in [6, 6.07) is 0. The summed E-state index contributed by atoms with van der Waals surface area (Å²) in [5, 5.41) is 17.1. The van der Waals surface area contributed by atoms with E-state index in [1.165, 1.54) is 0 Å². The number of rotatable bonds is 4. The molecule has 0 bridgehead atoms. The standard InChI is InChI=1S/C8H15NO5S/c1-2-15-6-4-13-7-5(14-9(10)11)3-12-8(6)7/h5-8,10-11H,2-4H2,1H3/t5-,6+,7-,8-/m1/s1. The first kappa shape index (κ1) is 11.6. The number of fused-ring (bicyclic) bond motifs is 1.